The maximum Gasteiger partial charge on any atom is 0.238 e. The molecular weight excluding hydrogens is 256 g/mol. The van der Waals surface area contributed by atoms with Crippen LogP contribution in [0.4, 0.5) is 5.69 Å². The summed E-state index contributed by atoms with van der Waals surface area (Å²) in [5, 5.41) is 2.90. The molecule has 110 valence electrons. The van der Waals surface area contributed by atoms with Crippen LogP contribution in [0.5, 0.6) is 5.75 Å². The van der Waals surface area contributed by atoms with E-state index in [1.807, 2.05) is 24.3 Å². The van der Waals surface area contributed by atoms with E-state index in [0.717, 1.165) is 25.9 Å². The first-order valence-electron chi connectivity index (χ1n) is 6.91. The SMILES string of the molecule is COc1ccccc1NC(=O)CN1CCCC(OC)C1. The molecule has 20 heavy (non-hydrogen) atoms. The molecule has 5 heteroatoms. The highest BCUT2D eigenvalue weighted by Gasteiger charge is 2.21. The Morgan fingerprint density at radius 3 is 2.95 bits per heavy atom. The number of carbonyl (C=O) groups is 1. The second-order valence-corrected chi connectivity index (χ2v) is 4.98. The first kappa shape index (κ1) is 14.8. The summed E-state index contributed by atoms with van der Waals surface area (Å²) in [5.74, 6) is 0.653. The zero-order valence-corrected chi connectivity index (χ0v) is 12.1. The van der Waals surface area contributed by atoms with Crippen LogP contribution in [0.2, 0.25) is 0 Å². The molecule has 1 N–H and O–H groups in total. The van der Waals surface area contributed by atoms with Gasteiger partial charge in [-0.15, -0.1) is 0 Å². The summed E-state index contributed by atoms with van der Waals surface area (Å²) in [6, 6.07) is 7.42. The number of hydrogen-bond acceptors (Lipinski definition) is 4. The van der Waals surface area contributed by atoms with Gasteiger partial charge < -0.3 is 14.8 Å². The van der Waals surface area contributed by atoms with E-state index in [1.165, 1.54) is 0 Å². The number of benzene rings is 1. The average Bonchev–Trinajstić information content (AvgIpc) is 2.48. The van der Waals surface area contributed by atoms with Gasteiger partial charge in [0.25, 0.3) is 0 Å². The van der Waals surface area contributed by atoms with Gasteiger partial charge in [0, 0.05) is 13.7 Å². The zero-order valence-electron chi connectivity index (χ0n) is 12.1. The molecule has 1 aromatic rings. The molecule has 1 aromatic carbocycles. The number of anilines is 1. The van der Waals surface area contributed by atoms with E-state index in [4.69, 9.17) is 9.47 Å². The summed E-state index contributed by atoms with van der Waals surface area (Å²) < 4.78 is 10.6. The van der Waals surface area contributed by atoms with Gasteiger partial charge >= 0.3 is 0 Å². The van der Waals surface area contributed by atoms with Crippen LogP contribution in [-0.4, -0.2) is 50.8 Å². The predicted molar refractivity (Wildman–Crippen MR) is 78.1 cm³/mol. The summed E-state index contributed by atoms with van der Waals surface area (Å²) in [4.78, 5) is 14.2. The molecule has 0 aliphatic carbocycles. The Morgan fingerprint density at radius 1 is 1.40 bits per heavy atom. The molecule has 2 rings (SSSR count). The van der Waals surface area contributed by atoms with Crippen LogP contribution < -0.4 is 10.1 Å². The van der Waals surface area contributed by atoms with Crippen molar-refractivity contribution in [1.29, 1.82) is 0 Å². The number of nitrogens with one attached hydrogen (secondary N) is 1. The van der Waals surface area contributed by atoms with E-state index >= 15 is 0 Å². The number of methoxy groups -OCH3 is 2. The number of rotatable bonds is 5. The van der Waals surface area contributed by atoms with Crippen LogP contribution >= 0.6 is 0 Å². The first-order valence-corrected chi connectivity index (χ1v) is 6.91. The Balaban J connectivity index is 1.89. The quantitative estimate of drug-likeness (QED) is 0.891. The lowest BCUT2D eigenvalue weighted by atomic mass is 10.1. The van der Waals surface area contributed by atoms with Gasteiger partial charge in [0.2, 0.25) is 5.91 Å². The van der Waals surface area contributed by atoms with E-state index in [1.54, 1.807) is 14.2 Å². The standard InChI is InChI=1S/C15H22N2O3/c1-19-12-6-5-9-17(10-12)11-15(18)16-13-7-3-4-8-14(13)20-2/h3-4,7-8,12H,5-6,9-11H2,1-2H3,(H,16,18). The summed E-state index contributed by atoms with van der Waals surface area (Å²) in [5.41, 5.74) is 0.709. The van der Waals surface area contributed by atoms with Crippen molar-refractivity contribution in [2.75, 3.05) is 39.2 Å². The Hall–Kier alpha value is -1.59. The summed E-state index contributed by atoms with van der Waals surface area (Å²) >= 11 is 0. The van der Waals surface area contributed by atoms with Crippen LogP contribution in [0, 0.1) is 0 Å². The number of para-hydroxylation sites is 2. The predicted octanol–water partition coefficient (Wildman–Crippen LogP) is 1.74. The van der Waals surface area contributed by atoms with Gasteiger partial charge in [-0.25, -0.2) is 0 Å². The molecule has 1 atom stereocenters. The highest BCUT2D eigenvalue weighted by Crippen LogP contribution is 2.23. The number of hydrogen-bond donors (Lipinski definition) is 1. The van der Waals surface area contributed by atoms with E-state index in [0.29, 0.717) is 18.0 Å². The fraction of sp³-hybridized carbons (Fsp3) is 0.533. The lowest BCUT2D eigenvalue weighted by Gasteiger charge is -2.31. The lowest BCUT2D eigenvalue weighted by Crippen LogP contribution is -2.43. The van der Waals surface area contributed by atoms with Gasteiger partial charge in [-0.05, 0) is 31.5 Å². The second-order valence-electron chi connectivity index (χ2n) is 4.98. The third-order valence-electron chi connectivity index (χ3n) is 3.54. The van der Waals surface area contributed by atoms with Gasteiger partial charge in [0.1, 0.15) is 5.75 Å². The molecule has 0 spiro atoms. The monoisotopic (exact) mass is 278 g/mol. The van der Waals surface area contributed by atoms with Crippen molar-refractivity contribution in [2.45, 2.75) is 18.9 Å². The second kappa shape index (κ2) is 7.26. The maximum absolute atomic E-state index is 12.1. The number of carbonyl (C=O) groups excluding carboxylic acids is 1. The molecule has 1 unspecified atom stereocenters. The molecule has 0 saturated carbocycles. The normalized spacial score (nSPS) is 19.6. The third kappa shape index (κ3) is 3.95. The molecule has 1 amide bonds. The number of ether oxygens (including phenoxy) is 2. The molecule has 5 nitrogen and oxygen atoms in total. The van der Waals surface area contributed by atoms with Crippen LogP contribution in [0.25, 0.3) is 0 Å². The molecule has 1 aliphatic rings. The van der Waals surface area contributed by atoms with Crippen molar-refractivity contribution >= 4 is 11.6 Å². The molecular formula is C15H22N2O3. The van der Waals surface area contributed by atoms with Gasteiger partial charge in [-0.1, -0.05) is 12.1 Å². The largest absolute Gasteiger partial charge is 0.495 e. The third-order valence-corrected chi connectivity index (χ3v) is 3.54. The van der Waals surface area contributed by atoms with Crippen molar-refractivity contribution < 1.29 is 14.3 Å². The minimum atomic E-state index is -0.0220. The number of nitrogens with zero attached hydrogens (tertiary/aromatic N) is 1. The van der Waals surface area contributed by atoms with E-state index in [-0.39, 0.29) is 12.0 Å². The molecule has 1 aliphatic heterocycles. The smallest absolute Gasteiger partial charge is 0.238 e. The number of amides is 1. The minimum Gasteiger partial charge on any atom is -0.495 e. The Kier molecular flexibility index (Phi) is 5.38. The average molecular weight is 278 g/mol. The van der Waals surface area contributed by atoms with Crippen molar-refractivity contribution in [3.05, 3.63) is 24.3 Å². The minimum absolute atomic E-state index is 0.0220. The summed E-state index contributed by atoms with van der Waals surface area (Å²) in [6.45, 7) is 2.15. The van der Waals surface area contributed by atoms with Gasteiger partial charge in [-0.3, -0.25) is 9.69 Å². The Morgan fingerprint density at radius 2 is 2.20 bits per heavy atom. The topological polar surface area (TPSA) is 50.8 Å². The highest BCUT2D eigenvalue weighted by molar-refractivity contribution is 5.93. The van der Waals surface area contributed by atoms with Crippen molar-refractivity contribution in [1.82, 2.24) is 4.90 Å². The lowest BCUT2D eigenvalue weighted by molar-refractivity contribution is -0.118. The fourth-order valence-corrected chi connectivity index (χ4v) is 2.49. The molecule has 0 radical (unpaired) electrons. The molecule has 1 heterocycles. The van der Waals surface area contributed by atoms with Crippen molar-refractivity contribution in [2.24, 2.45) is 0 Å². The van der Waals surface area contributed by atoms with Crippen molar-refractivity contribution in [3.8, 4) is 5.75 Å². The molecule has 1 saturated heterocycles. The van der Waals surface area contributed by atoms with E-state index in [2.05, 4.69) is 10.2 Å². The first-order chi connectivity index (χ1) is 9.72. The number of likely N-dealkylation sites (tertiary alicyclic amines) is 1. The van der Waals surface area contributed by atoms with Crippen LogP contribution in [0.1, 0.15) is 12.8 Å². The van der Waals surface area contributed by atoms with Crippen LogP contribution in [0.15, 0.2) is 24.3 Å². The Bertz CT molecular complexity index is 450. The van der Waals surface area contributed by atoms with Crippen LogP contribution in [0.3, 0.4) is 0 Å². The Labute approximate surface area is 119 Å². The summed E-state index contributed by atoms with van der Waals surface area (Å²) in [7, 11) is 3.32. The van der Waals surface area contributed by atoms with Crippen molar-refractivity contribution in [3.63, 3.8) is 0 Å². The maximum atomic E-state index is 12.1. The van der Waals surface area contributed by atoms with Crippen LogP contribution in [-0.2, 0) is 9.53 Å². The van der Waals surface area contributed by atoms with Gasteiger partial charge in [0.05, 0.1) is 25.4 Å². The zero-order chi connectivity index (χ0) is 14.4. The summed E-state index contributed by atoms with van der Waals surface area (Å²) in [6.07, 6.45) is 2.38. The van der Waals surface area contributed by atoms with Gasteiger partial charge in [0.15, 0.2) is 0 Å². The number of piperidine rings is 1. The fourth-order valence-electron chi connectivity index (χ4n) is 2.49. The highest BCUT2D eigenvalue weighted by atomic mass is 16.5. The molecule has 1 fully saturated rings. The van der Waals surface area contributed by atoms with E-state index in [9.17, 15) is 4.79 Å². The molecule has 0 bridgehead atoms. The van der Waals surface area contributed by atoms with Gasteiger partial charge in [-0.2, -0.15) is 0 Å². The van der Waals surface area contributed by atoms with E-state index < -0.39 is 0 Å². The molecule has 0 aromatic heterocycles.